The fraction of sp³-hybridized carbons (Fsp3) is 0.200. The van der Waals surface area contributed by atoms with Crippen molar-refractivity contribution in [2.75, 3.05) is 18.4 Å². The highest BCUT2D eigenvalue weighted by atomic mass is 16.4. The van der Waals surface area contributed by atoms with Crippen molar-refractivity contribution in [1.29, 1.82) is 0 Å². The molecule has 1 atom stereocenters. The summed E-state index contributed by atoms with van der Waals surface area (Å²) in [6, 6.07) is 13.2. The SMILES string of the molecule is O=C(Nc1ccc(C(=O)O)cc1)C(=O)C1CCCN1C(=O)CNC(=O)c1ccnc2ccccc12. The molecule has 0 bridgehead atoms. The van der Waals surface area contributed by atoms with Gasteiger partial charge >= 0.3 is 5.97 Å². The number of benzene rings is 2. The van der Waals surface area contributed by atoms with Crippen LogP contribution in [0.1, 0.15) is 33.6 Å². The zero-order valence-corrected chi connectivity index (χ0v) is 18.6. The molecule has 1 aliphatic rings. The summed E-state index contributed by atoms with van der Waals surface area (Å²) >= 11 is 0. The minimum Gasteiger partial charge on any atom is -0.478 e. The molecule has 10 nitrogen and oxygen atoms in total. The van der Waals surface area contributed by atoms with Crippen molar-refractivity contribution in [2.24, 2.45) is 0 Å². The molecule has 0 spiro atoms. The highest BCUT2D eigenvalue weighted by molar-refractivity contribution is 6.42. The first-order valence-electron chi connectivity index (χ1n) is 10.9. The number of anilines is 1. The van der Waals surface area contributed by atoms with Gasteiger partial charge in [-0.05, 0) is 49.2 Å². The second-order valence-corrected chi connectivity index (χ2v) is 8.00. The third-order valence-electron chi connectivity index (χ3n) is 5.78. The molecule has 2 heterocycles. The Morgan fingerprint density at radius 2 is 1.74 bits per heavy atom. The van der Waals surface area contributed by atoms with E-state index < -0.39 is 35.5 Å². The molecule has 0 saturated carbocycles. The zero-order chi connectivity index (χ0) is 24.9. The van der Waals surface area contributed by atoms with Crippen LogP contribution in [0.4, 0.5) is 5.69 Å². The van der Waals surface area contributed by atoms with Crippen LogP contribution in [0.2, 0.25) is 0 Å². The molecular weight excluding hydrogens is 452 g/mol. The van der Waals surface area contributed by atoms with Gasteiger partial charge < -0.3 is 20.6 Å². The Morgan fingerprint density at radius 3 is 2.49 bits per heavy atom. The van der Waals surface area contributed by atoms with Crippen molar-refractivity contribution in [3.63, 3.8) is 0 Å². The third-order valence-corrected chi connectivity index (χ3v) is 5.78. The Kier molecular flexibility index (Phi) is 6.81. The van der Waals surface area contributed by atoms with Gasteiger partial charge in [-0.15, -0.1) is 0 Å². The maximum atomic E-state index is 12.8. The number of carbonyl (C=O) groups excluding carboxylic acids is 4. The lowest BCUT2D eigenvalue weighted by Crippen LogP contribution is -2.48. The molecule has 1 unspecified atom stereocenters. The Balaban J connectivity index is 1.37. The number of aromatic nitrogens is 1. The largest absolute Gasteiger partial charge is 0.478 e. The summed E-state index contributed by atoms with van der Waals surface area (Å²) < 4.78 is 0. The minimum atomic E-state index is -1.11. The number of hydrogen-bond donors (Lipinski definition) is 3. The van der Waals surface area contributed by atoms with E-state index in [0.717, 1.165) is 0 Å². The molecule has 1 fully saturated rings. The van der Waals surface area contributed by atoms with E-state index in [2.05, 4.69) is 15.6 Å². The van der Waals surface area contributed by atoms with Crippen LogP contribution in [0.25, 0.3) is 10.9 Å². The van der Waals surface area contributed by atoms with Gasteiger partial charge in [-0.3, -0.25) is 24.2 Å². The Bertz CT molecular complexity index is 1320. The molecule has 10 heteroatoms. The number of carboxylic acid groups (broad SMARTS) is 1. The number of likely N-dealkylation sites (tertiary alicyclic amines) is 1. The zero-order valence-electron chi connectivity index (χ0n) is 18.6. The normalized spacial score (nSPS) is 15.0. The number of fused-ring (bicyclic) bond motifs is 1. The second kappa shape index (κ2) is 10.1. The average Bonchev–Trinajstić information content (AvgIpc) is 3.36. The lowest BCUT2D eigenvalue weighted by atomic mass is 10.1. The van der Waals surface area contributed by atoms with E-state index in [1.165, 1.54) is 35.4 Å². The molecule has 3 aromatic rings. The van der Waals surface area contributed by atoms with E-state index in [4.69, 9.17) is 5.11 Å². The molecule has 1 saturated heterocycles. The van der Waals surface area contributed by atoms with Gasteiger partial charge in [-0.25, -0.2) is 4.79 Å². The number of rotatable bonds is 7. The predicted molar refractivity (Wildman–Crippen MR) is 126 cm³/mol. The van der Waals surface area contributed by atoms with Crippen LogP contribution in [-0.2, 0) is 14.4 Å². The number of aromatic carboxylic acids is 1. The smallest absolute Gasteiger partial charge is 0.335 e. The van der Waals surface area contributed by atoms with E-state index in [0.29, 0.717) is 35.9 Å². The Labute approximate surface area is 199 Å². The van der Waals surface area contributed by atoms with Crippen molar-refractivity contribution < 1.29 is 29.1 Å². The molecule has 178 valence electrons. The molecule has 3 amide bonds. The van der Waals surface area contributed by atoms with Crippen LogP contribution in [0.5, 0.6) is 0 Å². The van der Waals surface area contributed by atoms with Crippen molar-refractivity contribution in [3.05, 3.63) is 71.9 Å². The van der Waals surface area contributed by atoms with Gasteiger partial charge in [-0.2, -0.15) is 0 Å². The minimum absolute atomic E-state index is 0.0451. The number of pyridine rings is 1. The number of nitrogens with one attached hydrogen (secondary N) is 2. The summed E-state index contributed by atoms with van der Waals surface area (Å²) in [6.07, 6.45) is 2.40. The Morgan fingerprint density at radius 1 is 1.00 bits per heavy atom. The van der Waals surface area contributed by atoms with E-state index in [1.807, 2.05) is 6.07 Å². The summed E-state index contributed by atoms with van der Waals surface area (Å²) in [7, 11) is 0. The highest BCUT2D eigenvalue weighted by Gasteiger charge is 2.37. The number of para-hydroxylation sites is 1. The second-order valence-electron chi connectivity index (χ2n) is 8.00. The third kappa shape index (κ3) is 5.16. The van der Waals surface area contributed by atoms with E-state index >= 15 is 0 Å². The van der Waals surface area contributed by atoms with Gasteiger partial charge in [0.25, 0.3) is 11.8 Å². The van der Waals surface area contributed by atoms with Crippen molar-refractivity contribution in [2.45, 2.75) is 18.9 Å². The molecule has 1 aliphatic heterocycles. The highest BCUT2D eigenvalue weighted by Crippen LogP contribution is 2.20. The first kappa shape index (κ1) is 23.6. The standard InChI is InChI=1S/C25H22N4O6/c30-21(14-27-23(32)18-11-12-26-19-5-2-1-4-17(18)19)29-13-3-6-20(29)22(31)24(33)28-16-9-7-15(8-10-16)25(34)35/h1-2,4-5,7-12,20H,3,6,13-14H2,(H,27,32)(H,28,33)(H,34,35). The van der Waals surface area contributed by atoms with Crippen LogP contribution in [0.15, 0.2) is 60.8 Å². The van der Waals surface area contributed by atoms with E-state index in [-0.39, 0.29) is 17.8 Å². The first-order chi connectivity index (χ1) is 16.8. The van der Waals surface area contributed by atoms with Gasteiger partial charge in [0.15, 0.2) is 0 Å². The number of carbonyl (C=O) groups is 5. The summed E-state index contributed by atoms with van der Waals surface area (Å²) in [4.78, 5) is 67.2. The van der Waals surface area contributed by atoms with Crippen molar-refractivity contribution >= 4 is 46.1 Å². The molecule has 0 radical (unpaired) electrons. The van der Waals surface area contributed by atoms with Gasteiger partial charge in [-0.1, -0.05) is 18.2 Å². The first-order valence-corrected chi connectivity index (χ1v) is 10.9. The number of Topliss-reactive ketones (excluding diaryl/α,β-unsaturated/α-hetero) is 1. The van der Waals surface area contributed by atoms with Gasteiger partial charge in [0.2, 0.25) is 11.7 Å². The van der Waals surface area contributed by atoms with Crippen LogP contribution in [0, 0.1) is 0 Å². The molecule has 3 N–H and O–H groups in total. The Hall–Kier alpha value is -4.60. The lowest BCUT2D eigenvalue weighted by molar-refractivity contribution is -0.141. The van der Waals surface area contributed by atoms with Crippen LogP contribution >= 0.6 is 0 Å². The van der Waals surface area contributed by atoms with Crippen LogP contribution in [0.3, 0.4) is 0 Å². The predicted octanol–water partition coefficient (Wildman–Crippen LogP) is 1.86. The van der Waals surface area contributed by atoms with Crippen LogP contribution < -0.4 is 10.6 Å². The number of hydrogen-bond acceptors (Lipinski definition) is 6. The lowest BCUT2D eigenvalue weighted by Gasteiger charge is -2.23. The maximum absolute atomic E-state index is 12.8. The molecule has 1 aromatic heterocycles. The fourth-order valence-corrected chi connectivity index (χ4v) is 4.02. The maximum Gasteiger partial charge on any atom is 0.335 e. The number of carboxylic acids is 1. The molecule has 0 aliphatic carbocycles. The quantitative estimate of drug-likeness (QED) is 0.443. The fourth-order valence-electron chi connectivity index (χ4n) is 4.02. The van der Waals surface area contributed by atoms with Gasteiger partial charge in [0, 0.05) is 23.8 Å². The topological polar surface area (TPSA) is 146 Å². The molecule has 4 rings (SSSR count). The molecule has 35 heavy (non-hydrogen) atoms. The molecule has 2 aromatic carbocycles. The van der Waals surface area contributed by atoms with Crippen molar-refractivity contribution in [3.8, 4) is 0 Å². The summed E-state index contributed by atoms with van der Waals surface area (Å²) in [5.41, 5.74) is 1.34. The summed E-state index contributed by atoms with van der Waals surface area (Å²) in [6.45, 7) is -0.0264. The number of nitrogens with zero attached hydrogens (tertiary/aromatic N) is 2. The monoisotopic (exact) mass is 474 g/mol. The van der Waals surface area contributed by atoms with Gasteiger partial charge in [0.1, 0.15) is 6.04 Å². The van der Waals surface area contributed by atoms with Crippen molar-refractivity contribution in [1.82, 2.24) is 15.2 Å². The number of amides is 3. The van der Waals surface area contributed by atoms with Crippen LogP contribution in [-0.4, -0.2) is 63.6 Å². The number of ketones is 1. The van der Waals surface area contributed by atoms with Gasteiger partial charge in [0.05, 0.1) is 23.2 Å². The molecular formula is C25H22N4O6. The average molecular weight is 474 g/mol. The summed E-state index contributed by atoms with van der Waals surface area (Å²) in [5, 5.41) is 14.6. The van der Waals surface area contributed by atoms with E-state index in [9.17, 15) is 24.0 Å². The summed E-state index contributed by atoms with van der Waals surface area (Å²) in [5.74, 6) is -3.69. The van der Waals surface area contributed by atoms with E-state index in [1.54, 1.807) is 24.3 Å².